The molecule has 0 aliphatic carbocycles. The van der Waals surface area contributed by atoms with Gasteiger partial charge in [-0.05, 0) is 18.2 Å². The highest BCUT2D eigenvalue weighted by molar-refractivity contribution is 6.37. The summed E-state index contributed by atoms with van der Waals surface area (Å²) in [6.07, 6.45) is 1.55. The number of benzene rings is 1. The number of hydrogen-bond acceptors (Lipinski definition) is 5. The molecule has 1 aromatic carbocycles. The molecule has 0 fully saturated rings. The van der Waals surface area contributed by atoms with E-state index in [1.54, 1.807) is 24.4 Å². The molecule has 0 unspecified atom stereocenters. The maximum absolute atomic E-state index is 11.8. The summed E-state index contributed by atoms with van der Waals surface area (Å²) in [5.41, 5.74) is 0.141. The van der Waals surface area contributed by atoms with Gasteiger partial charge in [0.25, 0.3) is 5.91 Å². The SMILES string of the molecule is COC(=O)CNC(=O)c1ccn(COc2c(Cl)cccc2Cl)n1. The summed E-state index contributed by atoms with van der Waals surface area (Å²) in [5.74, 6) is -0.706. The van der Waals surface area contributed by atoms with Crippen molar-refractivity contribution in [3.8, 4) is 5.75 Å². The lowest BCUT2D eigenvalue weighted by molar-refractivity contribution is -0.139. The first-order chi connectivity index (χ1) is 11.0. The van der Waals surface area contributed by atoms with Crippen LogP contribution in [0, 0.1) is 0 Å². The minimum absolute atomic E-state index is 0.0216. The monoisotopic (exact) mass is 357 g/mol. The number of amides is 1. The third kappa shape index (κ3) is 4.61. The average Bonchev–Trinajstić information content (AvgIpc) is 3.00. The van der Waals surface area contributed by atoms with E-state index in [4.69, 9.17) is 27.9 Å². The number of hydrogen-bond donors (Lipinski definition) is 1. The van der Waals surface area contributed by atoms with E-state index in [-0.39, 0.29) is 19.0 Å². The molecule has 2 rings (SSSR count). The number of para-hydroxylation sites is 1. The summed E-state index contributed by atoms with van der Waals surface area (Å²) >= 11 is 12.0. The number of halogens is 2. The van der Waals surface area contributed by atoms with Gasteiger partial charge in [-0.15, -0.1) is 0 Å². The summed E-state index contributed by atoms with van der Waals surface area (Å²) in [6, 6.07) is 6.49. The smallest absolute Gasteiger partial charge is 0.325 e. The fourth-order valence-corrected chi connectivity index (χ4v) is 2.13. The molecule has 1 amide bonds. The first-order valence-electron chi connectivity index (χ1n) is 6.46. The van der Waals surface area contributed by atoms with Gasteiger partial charge in [0, 0.05) is 6.20 Å². The zero-order valence-electron chi connectivity index (χ0n) is 12.1. The molecule has 0 atom stereocenters. The van der Waals surface area contributed by atoms with Crippen LogP contribution in [0.5, 0.6) is 5.75 Å². The molecule has 7 nitrogen and oxygen atoms in total. The Morgan fingerprint density at radius 1 is 1.26 bits per heavy atom. The van der Waals surface area contributed by atoms with Crippen molar-refractivity contribution >= 4 is 35.1 Å². The predicted octanol–water partition coefficient (Wildman–Crippen LogP) is 2.13. The Bertz CT molecular complexity index is 698. The molecule has 2 aromatic rings. The van der Waals surface area contributed by atoms with E-state index >= 15 is 0 Å². The van der Waals surface area contributed by atoms with Gasteiger partial charge in [0.1, 0.15) is 12.2 Å². The van der Waals surface area contributed by atoms with Crippen LogP contribution >= 0.6 is 23.2 Å². The molecule has 0 saturated carbocycles. The van der Waals surface area contributed by atoms with E-state index in [1.165, 1.54) is 17.9 Å². The van der Waals surface area contributed by atoms with Crippen LogP contribution < -0.4 is 10.1 Å². The molecule has 9 heteroatoms. The van der Waals surface area contributed by atoms with E-state index < -0.39 is 11.9 Å². The molecular formula is C14H13Cl2N3O4. The van der Waals surface area contributed by atoms with Crippen LogP contribution in [0.1, 0.15) is 10.5 Å². The average molecular weight is 358 g/mol. The molecule has 0 radical (unpaired) electrons. The molecule has 1 aromatic heterocycles. The second-order valence-electron chi connectivity index (χ2n) is 4.32. The number of aromatic nitrogens is 2. The molecule has 122 valence electrons. The second-order valence-corrected chi connectivity index (χ2v) is 5.14. The van der Waals surface area contributed by atoms with Crippen molar-refractivity contribution in [2.75, 3.05) is 13.7 Å². The first kappa shape index (κ1) is 17.1. The number of nitrogens with zero attached hydrogens (tertiary/aromatic N) is 2. The molecule has 0 aliphatic rings. The van der Waals surface area contributed by atoms with Crippen molar-refractivity contribution in [3.05, 3.63) is 46.2 Å². The number of nitrogens with one attached hydrogen (secondary N) is 1. The van der Waals surface area contributed by atoms with Crippen LogP contribution in [-0.2, 0) is 16.3 Å². The van der Waals surface area contributed by atoms with Gasteiger partial charge in [-0.2, -0.15) is 5.10 Å². The number of carbonyl (C=O) groups is 2. The highest BCUT2D eigenvalue weighted by Crippen LogP contribution is 2.32. The van der Waals surface area contributed by atoms with Crippen LogP contribution in [0.3, 0.4) is 0 Å². The number of esters is 1. The highest BCUT2D eigenvalue weighted by Gasteiger charge is 2.12. The van der Waals surface area contributed by atoms with E-state index in [0.29, 0.717) is 15.8 Å². The van der Waals surface area contributed by atoms with E-state index in [1.807, 2.05) is 0 Å². The Labute approximate surface area is 142 Å². The number of ether oxygens (including phenoxy) is 2. The predicted molar refractivity (Wildman–Crippen MR) is 83.7 cm³/mol. The third-order valence-electron chi connectivity index (χ3n) is 2.75. The summed E-state index contributed by atoms with van der Waals surface area (Å²) in [4.78, 5) is 22.8. The lowest BCUT2D eigenvalue weighted by atomic mass is 10.3. The zero-order chi connectivity index (χ0) is 16.8. The Morgan fingerprint density at radius 3 is 2.61 bits per heavy atom. The Hall–Kier alpha value is -2.25. The quantitative estimate of drug-likeness (QED) is 0.800. The Kier molecular flexibility index (Phi) is 5.84. The molecule has 0 bridgehead atoms. The van der Waals surface area contributed by atoms with Crippen molar-refractivity contribution in [1.29, 1.82) is 0 Å². The van der Waals surface area contributed by atoms with Gasteiger partial charge >= 0.3 is 5.97 Å². The third-order valence-corrected chi connectivity index (χ3v) is 3.35. The van der Waals surface area contributed by atoms with Gasteiger partial charge in [-0.1, -0.05) is 29.3 Å². The summed E-state index contributed by atoms with van der Waals surface area (Å²) in [5, 5.41) is 7.16. The Balaban J connectivity index is 1.94. The van der Waals surface area contributed by atoms with Gasteiger partial charge in [-0.25, -0.2) is 4.68 Å². The maximum Gasteiger partial charge on any atom is 0.325 e. The van der Waals surface area contributed by atoms with Gasteiger partial charge < -0.3 is 14.8 Å². The summed E-state index contributed by atoms with van der Waals surface area (Å²) in [7, 11) is 1.24. The topological polar surface area (TPSA) is 82.5 Å². The molecule has 23 heavy (non-hydrogen) atoms. The standard InChI is InChI=1S/C14H13Cl2N3O4/c1-22-12(20)7-17-14(21)11-5-6-19(18-11)8-23-13-9(15)3-2-4-10(13)16/h2-6H,7-8H2,1H3,(H,17,21). The van der Waals surface area contributed by atoms with Crippen molar-refractivity contribution in [1.82, 2.24) is 15.1 Å². The number of rotatable bonds is 6. The molecular weight excluding hydrogens is 345 g/mol. The van der Waals surface area contributed by atoms with Crippen molar-refractivity contribution in [2.45, 2.75) is 6.73 Å². The van der Waals surface area contributed by atoms with E-state index in [2.05, 4.69) is 15.2 Å². The molecule has 0 spiro atoms. The largest absolute Gasteiger partial charge is 0.468 e. The zero-order valence-corrected chi connectivity index (χ0v) is 13.6. The van der Waals surface area contributed by atoms with Crippen LogP contribution in [0.25, 0.3) is 0 Å². The van der Waals surface area contributed by atoms with Crippen molar-refractivity contribution in [3.63, 3.8) is 0 Å². The van der Waals surface area contributed by atoms with Crippen LogP contribution in [0.15, 0.2) is 30.5 Å². The van der Waals surface area contributed by atoms with Crippen molar-refractivity contribution < 1.29 is 19.1 Å². The fourth-order valence-electron chi connectivity index (χ4n) is 1.62. The van der Waals surface area contributed by atoms with Crippen LogP contribution in [-0.4, -0.2) is 35.3 Å². The van der Waals surface area contributed by atoms with Crippen LogP contribution in [0.2, 0.25) is 10.0 Å². The molecule has 1 heterocycles. The molecule has 0 aliphatic heterocycles. The number of carbonyl (C=O) groups excluding carboxylic acids is 2. The summed E-state index contributed by atoms with van der Waals surface area (Å²) in [6.45, 7) is -0.207. The van der Waals surface area contributed by atoms with Gasteiger partial charge in [0.2, 0.25) is 0 Å². The minimum atomic E-state index is -0.547. The lowest BCUT2D eigenvalue weighted by Gasteiger charge is -2.09. The Morgan fingerprint density at radius 2 is 1.96 bits per heavy atom. The maximum atomic E-state index is 11.8. The normalized spacial score (nSPS) is 10.2. The lowest BCUT2D eigenvalue weighted by Crippen LogP contribution is -2.30. The fraction of sp³-hybridized carbons (Fsp3) is 0.214. The molecule has 1 N–H and O–H groups in total. The second kappa shape index (κ2) is 7.85. The van der Waals surface area contributed by atoms with Gasteiger partial charge in [0.05, 0.1) is 17.2 Å². The molecule has 0 saturated heterocycles. The van der Waals surface area contributed by atoms with Gasteiger partial charge in [0.15, 0.2) is 12.5 Å². The van der Waals surface area contributed by atoms with Crippen molar-refractivity contribution in [2.24, 2.45) is 0 Å². The highest BCUT2D eigenvalue weighted by atomic mass is 35.5. The number of methoxy groups -OCH3 is 1. The summed E-state index contributed by atoms with van der Waals surface area (Å²) < 4.78 is 11.3. The van der Waals surface area contributed by atoms with E-state index in [0.717, 1.165) is 0 Å². The van der Waals surface area contributed by atoms with Gasteiger partial charge in [-0.3, -0.25) is 9.59 Å². The first-order valence-corrected chi connectivity index (χ1v) is 7.22. The van der Waals surface area contributed by atoms with E-state index in [9.17, 15) is 9.59 Å². The minimum Gasteiger partial charge on any atom is -0.468 e. The van der Waals surface area contributed by atoms with Crippen LogP contribution in [0.4, 0.5) is 0 Å².